The van der Waals surface area contributed by atoms with E-state index < -0.39 is 17.6 Å². The van der Waals surface area contributed by atoms with Crippen LogP contribution in [0.2, 0.25) is 0 Å². The molecule has 3 aromatic carbocycles. The molecular formula is C26H30N2O2. The molecule has 3 aromatic rings. The van der Waals surface area contributed by atoms with Crippen molar-refractivity contribution in [2.45, 2.75) is 30.8 Å². The number of hydrogen-bond donors (Lipinski definition) is 3. The fraction of sp³-hybridized carbons (Fsp3) is 0.269. The zero-order chi connectivity index (χ0) is 21.2. The lowest BCUT2D eigenvalue weighted by molar-refractivity contribution is -0.140. The van der Waals surface area contributed by atoms with Gasteiger partial charge in [0.25, 0.3) is 0 Å². The Labute approximate surface area is 179 Å². The summed E-state index contributed by atoms with van der Waals surface area (Å²) in [5, 5.41) is 16.8. The summed E-state index contributed by atoms with van der Waals surface area (Å²) in [5.41, 5.74) is 2.28. The minimum Gasteiger partial charge on any atom is -0.480 e. The molecule has 0 aliphatic rings. The summed E-state index contributed by atoms with van der Waals surface area (Å²) in [7, 11) is 1.91. The van der Waals surface area contributed by atoms with Gasteiger partial charge >= 0.3 is 5.97 Å². The van der Waals surface area contributed by atoms with E-state index in [1.54, 1.807) is 0 Å². The number of rotatable bonds is 11. The van der Waals surface area contributed by atoms with Crippen molar-refractivity contribution >= 4 is 5.97 Å². The maximum Gasteiger partial charge on any atom is 0.320 e. The van der Waals surface area contributed by atoms with Crippen LogP contribution in [-0.2, 0) is 10.3 Å². The van der Waals surface area contributed by atoms with Crippen LogP contribution in [0.4, 0.5) is 0 Å². The lowest BCUT2D eigenvalue weighted by Gasteiger charge is -2.39. The summed E-state index contributed by atoms with van der Waals surface area (Å²) in [4.78, 5) is 12.3. The van der Waals surface area contributed by atoms with Crippen molar-refractivity contribution in [3.8, 4) is 0 Å². The number of benzene rings is 3. The van der Waals surface area contributed by atoms with Gasteiger partial charge in [0.2, 0.25) is 0 Å². The van der Waals surface area contributed by atoms with Gasteiger partial charge in [-0.15, -0.1) is 0 Å². The van der Waals surface area contributed by atoms with Gasteiger partial charge in [-0.1, -0.05) is 97.4 Å². The first-order valence-corrected chi connectivity index (χ1v) is 10.5. The number of unbranched alkanes of at least 4 members (excludes halogenated alkanes) is 1. The van der Waals surface area contributed by atoms with Crippen LogP contribution in [0.5, 0.6) is 0 Å². The Hall–Kier alpha value is -2.95. The SMILES string of the molecule is CNCCCCC(NC(c1ccccc1)(c1ccccc1)c1ccccc1)C(=O)O. The second kappa shape index (κ2) is 10.7. The van der Waals surface area contributed by atoms with Crippen molar-refractivity contribution in [2.24, 2.45) is 0 Å². The fourth-order valence-corrected chi connectivity index (χ4v) is 3.98. The average molecular weight is 403 g/mol. The van der Waals surface area contributed by atoms with Gasteiger partial charge in [0.1, 0.15) is 6.04 Å². The molecular weight excluding hydrogens is 372 g/mol. The van der Waals surface area contributed by atoms with E-state index in [0.29, 0.717) is 6.42 Å². The maximum atomic E-state index is 12.3. The van der Waals surface area contributed by atoms with Gasteiger partial charge in [-0.25, -0.2) is 0 Å². The van der Waals surface area contributed by atoms with E-state index in [1.165, 1.54) is 0 Å². The number of hydrogen-bond acceptors (Lipinski definition) is 3. The summed E-state index contributed by atoms with van der Waals surface area (Å²) < 4.78 is 0. The molecule has 0 amide bonds. The Bertz CT molecular complexity index is 801. The van der Waals surface area contributed by atoms with Gasteiger partial charge in [-0.2, -0.15) is 0 Å². The molecule has 1 unspecified atom stereocenters. The van der Waals surface area contributed by atoms with Crippen LogP contribution < -0.4 is 10.6 Å². The second-order valence-electron chi connectivity index (χ2n) is 7.48. The van der Waals surface area contributed by atoms with E-state index in [1.807, 2.05) is 61.6 Å². The van der Waals surface area contributed by atoms with Crippen molar-refractivity contribution in [3.63, 3.8) is 0 Å². The molecule has 0 saturated heterocycles. The lowest BCUT2D eigenvalue weighted by atomic mass is 9.76. The molecule has 0 spiro atoms. The zero-order valence-electron chi connectivity index (χ0n) is 17.4. The first-order chi connectivity index (χ1) is 14.7. The molecule has 3 N–H and O–H groups in total. The van der Waals surface area contributed by atoms with Crippen LogP contribution in [0.25, 0.3) is 0 Å². The van der Waals surface area contributed by atoms with Crippen molar-refractivity contribution in [2.75, 3.05) is 13.6 Å². The Balaban J connectivity index is 2.11. The van der Waals surface area contributed by atoms with Crippen molar-refractivity contribution in [1.29, 1.82) is 0 Å². The van der Waals surface area contributed by atoms with E-state index in [-0.39, 0.29) is 0 Å². The smallest absolute Gasteiger partial charge is 0.320 e. The summed E-state index contributed by atoms with van der Waals surface area (Å²) in [6.07, 6.45) is 2.33. The predicted octanol–water partition coefficient (Wildman–Crippen LogP) is 4.41. The normalized spacial score (nSPS) is 12.4. The lowest BCUT2D eigenvalue weighted by Crippen LogP contribution is -2.52. The van der Waals surface area contributed by atoms with Gasteiger partial charge < -0.3 is 10.4 Å². The van der Waals surface area contributed by atoms with E-state index in [0.717, 1.165) is 36.1 Å². The Morgan fingerprint density at radius 1 is 0.800 bits per heavy atom. The molecule has 4 heteroatoms. The van der Waals surface area contributed by atoms with Gasteiger partial charge in [0, 0.05) is 0 Å². The fourth-order valence-electron chi connectivity index (χ4n) is 3.98. The average Bonchev–Trinajstić information content (AvgIpc) is 2.80. The van der Waals surface area contributed by atoms with Crippen molar-refractivity contribution in [1.82, 2.24) is 10.6 Å². The predicted molar refractivity (Wildman–Crippen MR) is 122 cm³/mol. The van der Waals surface area contributed by atoms with Gasteiger partial charge in [-0.3, -0.25) is 10.1 Å². The molecule has 156 valence electrons. The monoisotopic (exact) mass is 402 g/mol. The molecule has 0 aromatic heterocycles. The number of aliphatic carboxylic acids is 1. The highest BCUT2D eigenvalue weighted by Gasteiger charge is 2.39. The summed E-state index contributed by atoms with van der Waals surface area (Å²) in [5.74, 6) is -0.827. The highest BCUT2D eigenvalue weighted by atomic mass is 16.4. The molecule has 0 heterocycles. The molecule has 0 bridgehead atoms. The van der Waals surface area contributed by atoms with Crippen LogP contribution in [-0.4, -0.2) is 30.7 Å². The van der Waals surface area contributed by atoms with Crippen LogP contribution in [0.15, 0.2) is 91.0 Å². The van der Waals surface area contributed by atoms with Crippen molar-refractivity contribution < 1.29 is 9.90 Å². The first kappa shape index (κ1) is 21.8. The highest BCUT2D eigenvalue weighted by molar-refractivity contribution is 5.74. The molecule has 0 aliphatic heterocycles. The van der Waals surface area contributed by atoms with Crippen LogP contribution in [0.1, 0.15) is 36.0 Å². The van der Waals surface area contributed by atoms with Gasteiger partial charge in [-0.05, 0) is 43.1 Å². The van der Waals surface area contributed by atoms with E-state index in [4.69, 9.17) is 0 Å². The number of carbonyl (C=O) groups is 1. The largest absolute Gasteiger partial charge is 0.480 e. The van der Waals surface area contributed by atoms with E-state index in [9.17, 15) is 9.90 Å². The van der Waals surface area contributed by atoms with E-state index in [2.05, 4.69) is 47.0 Å². The van der Waals surface area contributed by atoms with Crippen molar-refractivity contribution in [3.05, 3.63) is 108 Å². The third-order valence-electron chi connectivity index (χ3n) is 5.48. The summed E-state index contributed by atoms with van der Waals surface area (Å²) in [6.45, 7) is 0.882. The van der Waals surface area contributed by atoms with Crippen LogP contribution in [0.3, 0.4) is 0 Å². The molecule has 30 heavy (non-hydrogen) atoms. The Kier molecular flexibility index (Phi) is 7.77. The van der Waals surface area contributed by atoms with E-state index >= 15 is 0 Å². The third kappa shape index (κ3) is 4.96. The Morgan fingerprint density at radius 3 is 1.60 bits per heavy atom. The molecule has 1 atom stereocenters. The summed E-state index contributed by atoms with van der Waals surface area (Å²) >= 11 is 0. The van der Waals surface area contributed by atoms with Crippen LogP contribution in [0, 0.1) is 0 Å². The van der Waals surface area contributed by atoms with Crippen LogP contribution >= 0.6 is 0 Å². The Morgan fingerprint density at radius 2 is 1.23 bits per heavy atom. The first-order valence-electron chi connectivity index (χ1n) is 10.5. The molecule has 3 rings (SSSR count). The van der Waals surface area contributed by atoms with Gasteiger partial charge in [0.15, 0.2) is 0 Å². The summed E-state index contributed by atoms with van der Waals surface area (Å²) in [6, 6.07) is 29.6. The highest BCUT2D eigenvalue weighted by Crippen LogP contribution is 2.37. The molecule has 4 nitrogen and oxygen atoms in total. The molecule has 0 radical (unpaired) electrons. The second-order valence-corrected chi connectivity index (χ2v) is 7.48. The number of nitrogens with one attached hydrogen (secondary N) is 2. The zero-order valence-corrected chi connectivity index (χ0v) is 17.4. The standard InChI is InChI=1S/C26H30N2O2/c1-27-20-12-11-19-24(25(29)30)28-26(21-13-5-2-6-14-21,22-15-7-3-8-16-22)23-17-9-4-10-18-23/h2-10,13-18,24,27-28H,11-12,19-20H2,1H3,(H,29,30). The molecule has 0 saturated carbocycles. The quantitative estimate of drug-likeness (QED) is 0.328. The molecule has 0 aliphatic carbocycles. The minimum absolute atomic E-state index is 0.561. The number of carboxylic acid groups (broad SMARTS) is 1. The number of carboxylic acids is 1. The minimum atomic E-state index is -0.827. The van der Waals surface area contributed by atoms with Gasteiger partial charge in [0.05, 0.1) is 5.54 Å². The molecule has 0 fully saturated rings. The topological polar surface area (TPSA) is 61.4 Å². The third-order valence-corrected chi connectivity index (χ3v) is 5.48. The maximum absolute atomic E-state index is 12.3.